The number of aryl methyl sites for hydroxylation is 2. The molecule has 0 unspecified atom stereocenters. The van der Waals surface area contributed by atoms with E-state index in [-0.39, 0.29) is 12.4 Å². The summed E-state index contributed by atoms with van der Waals surface area (Å²) in [6.45, 7) is 4.89. The molecule has 9 heteroatoms. The minimum absolute atomic E-state index is 0.124. The number of sulfone groups is 1. The van der Waals surface area contributed by atoms with E-state index in [1.807, 2.05) is 32.0 Å². The van der Waals surface area contributed by atoms with Crippen LogP contribution in [0.25, 0.3) is 0 Å². The molecule has 0 spiro atoms. The molecule has 2 aromatic rings. The van der Waals surface area contributed by atoms with Gasteiger partial charge in [0.25, 0.3) is 0 Å². The first-order valence-corrected chi connectivity index (χ1v) is 13.5. The number of thioether (sulfide) groups is 1. The van der Waals surface area contributed by atoms with Gasteiger partial charge in [0.1, 0.15) is 5.75 Å². The van der Waals surface area contributed by atoms with Crippen molar-refractivity contribution < 1.29 is 23.1 Å². The minimum Gasteiger partial charge on any atom is -0.482 e. The molecule has 0 amide bonds. The molecular formula is C22H28BrNO5S2. The highest BCUT2D eigenvalue weighted by atomic mass is 79.9. The van der Waals surface area contributed by atoms with Gasteiger partial charge in [0.05, 0.1) is 10.6 Å². The fraction of sp³-hybridized carbons (Fsp3) is 0.409. The summed E-state index contributed by atoms with van der Waals surface area (Å²) < 4.78 is 31.4. The predicted molar refractivity (Wildman–Crippen MR) is 128 cm³/mol. The van der Waals surface area contributed by atoms with Gasteiger partial charge in [-0.2, -0.15) is 0 Å². The summed E-state index contributed by atoms with van der Waals surface area (Å²) in [7, 11) is -3.29. The van der Waals surface area contributed by atoms with Crippen molar-refractivity contribution in [3.8, 4) is 5.75 Å². The summed E-state index contributed by atoms with van der Waals surface area (Å²) in [5.74, 6) is 0.537. The Balaban J connectivity index is 1.71. The van der Waals surface area contributed by atoms with Crippen LogP contribution in [0.3, 0.4) is 0 Å². The lowest BCUT2D eigenvalue weighted by atomic mass is 10.2. The molecule has 0 saturated heterocycles. The van der Waals surface area contributed by atoms with Gasteiger partial charge in [-0.15, -0.1) is 11.8 Å². The molecule has 170 valence electrons. The zero-order valence-electron chi connectivity index (χ0n) is 17.7. The van der Waals surface area contributed by atoms with Crippen LogP contribution in [-0.4, -0.2) is 50.7 Å². The molecule has 2 N–H and O–H groups in total. The van der Waals surface area contributed by atoms with Gasteiger partial charge < -0.3 is 15.2 Å². The van der Waals surface area contributed by atoms with Crippen LogP contribution in [0.15, 0.2) is 50.7 Å². The van der Waals surface area contributed by atoms with E-state index in [9.17, 15) is 13.2 Å². The maximum absolute atomic E-state index is 12.7. The number of ether oxygens (including phenoxy) is 1. The summed E-state index contributed by atoms with van der Waals surface area (Å²) in [6.07, 6.45) is 1.23. The van der Waals surface area contributed by atoms with Gasteiger partial charge in [0, 0.05) is 21.7 Å². The second-order valence-electron chi connectivity index (χ2n) is 6.99. The highest BCUT2D eigenvalue weighted by molar-refractivity contribution is 9.10. The van der Waals surface area contributed by atoms with E-state index in [4.69, 9.17) is 9.84 Å². The number of carboxylic acid groups (broad SMARTS) is 1. The molecule has 31 heavy (non-hydrogen) atoms. The van der Waals surface area contributed by atoms with Crippen molar-refractivity contribution in [3.63, 3.8) is 0 Å². The van der Waals surface area contributed by atoms with Gasteiger partial charge in [0.2, 0.25) is 0 Å². The largest absolute Gasteiger partial charge is 0.482 e. The monoisotopic (exact) mass is 529 g/mol. The van der Waals surface area contributed by atoms with Gasteiger partial charge in [-0.1, -0.05) is 22.9 Å². The van der Waals surface area contributed by atoms with Crippen molar-refractivity contribution in [2.24, 2.45) is 0 Å². The first-order valence-electron chi connectivity index (χ1n) is 10.0. The number of hydrogen-bond acceptors (Lipinski definition) is 6. The average Bonchev–Trinajstić information content (AvgIpc) is 2.71. The number of carbonyl (C=O) groups is 1. The van der Waals surface area contributed by atoms with Gasteiger partial charge in [-0.25, -0.2) is 13.2 Å². The third-order valence-electron chi connectivity index (χ3n) is 4.55. The van der Waals surface area contributed by atoms with Crippen molar-refractivity contribution in [2.75, 3.05) is 31.2 Å². The molecule has 0 fully saturated rings. The molecule has 2 rings (SSSR count). The van der Waals surface area contributed by atoms with Crippen LogP contribution < -0.4 is 10.1 Å². The standard InChI is InChI=1S/C22H28BrNO5S2/c1-3-17-14-18(23)5-8-21(17)31(27,28)12-4-9-24-10-11-30-19-6-7-20(16(2)13-19)29-15-22(25)26/h5-8,13-14,24H,3-4,9-12,15H2,1-2H3,(H,25,26). The van der Waals surface area contributed by atoms with Crippen LogP contribution in [0.5, 0.6) is 5.75 Å². The van der Waals surface area contributed by atoms with Crippen molar-refractivity contribution in [3.05, 3.63) is 52.0 Å². The van der Waals surface area contributed by atoms with E-state index in [1.54, 1.807) is 30.0 Å². The fourth-order valence-electron chi connectivity index (χ4n) is 3.00. The molecule has 0 radical (unpaired) electrons. The molecule has 0 aliphatic heterocycles. The highest BCUT2D eigenvalue weighted by Crippen LogP contribution is 2.25. The number of halogens is 1. The van der Waals surface area contributed by atoms with E-state index in [2.05, 4.69) is 21.2 Å². The number of aliphatic carboxylic acids is 1. The maximum atomic E-state index is 12.7. The lowest BCUT2D eigenvalue weighted by Gasteiger charge is -2.11. The first-order chi connectivity index (χ1) is 14.7. The van der Waals surface area contributed by atoms with Crippen molar-refractivity contribution in [1.29, 1.82) is 0 Å². The molecule has 0 bridgehead atoms. The summed E-state index contributed by atoms with van der Waals surface area (Å²) >= 11 is 5.07. The maximum Gasteiger partial charge on any atom is 0.341 e. The van der Waals surface area contributed by atoms with Crippen LogP contribution in [0.1, 0.15) is 24.5 Å². The van der Waals surface area contributed by atoms with Gasteiger partial charge in [-0.05, 0) is 73.8 Å². The molecule has 0 aromatic heterocycles. The van der Waals surface area contributed by atoms with Gasteiger partial charge in [-0.3, -0.25) is 0 Å². The van der Waals surface area contributed by atoms with E-state index in [1.165, 1.54) is 0 Å². The second-order valence-corrected chi connectivity index (χ2v) is 11.1. The quantitative estimate of drug-likeness (QED) is 0.294. The van der Waals surface area contributed by atoms with Crippen LogP contribution in [-0.2, 0) is 21.1 Å². The SMILES string of the molecule is CCc1cc(Br)ccc1S(=O)(=O)CCCNCCSc1ccc(OCC(=O)O)c(C)c1. The normalized spacial score (nSPS) is 11.5. The molecule has 0 heterocycles. The Morgan fingerprint density at radius 3 is 2.65 bits per heavy atom. The Morgan fingerprint density at radius 2 is 1.97 bits per heavy atom. The van der Waals surface area contributed by atoms with Crippen molar-refractivity contribution in [2.45, 2.75) is 36.5 Å². The van der Waals surface area contributed by atoms with Crippen LogP contribution >= 0.6 is 27.7 Å². The number of nitrogens with one attached hydrogen (secondary N) is 1. The molecule has 6 nitrogen and oxygen atoms in total. The molecule has 0 atom stereocenters. The number of rotatable bonds is 13. The number of hydrogen-bond donors (Lipinski definition) is 2. The minimum atomic E-state index is -3.29. The Bertz CT molecular complexity index is 995. The summed E-state index contributed by atoms with van der Waals surface area (Å²) in [5, 5.41) is 12.0. The third kappa shape index (κ3) is 8.48. The molecule has 0 aliphatic carbocycles. The Labute approximate surface area is 196 Å². The predicted octanol–water partition coefficient (Wildman–Crippen LogP) is 4.33. The summed E-state index contributed by atoms with van der Waals surface area (Å²) in [6, 6.07) is 11.0. The lowest BCUT2D eigenvalue weighted by Crippen LogP contribution is -2.21. The second kappa shape index (κ2) is 12.5. The number of benzene rings is 2. The zero-order chi connectivity index (χ0) is 22.9. The molecule has 0 saturated carbocycles. The van der Waals surface area contributed by atoms with Gasteiger partial charge in [0.15, 0.2) is 16.4 Å². The van der Waals surface area contributed by atoms with Gasteiger partial charge >= 0.3 is 5.97 Å². The smallest absolute Gasteiger partial charge is 0.341 e. The summed E-state index contributed by atoms with van der Waals surface area (Å²) in [4.78, 5) is 12.1. The topological polar surface area (TPSA) is 92.7 Å². The first kappa shape index (κ1) is 25.7. The highest BCUT2D eigenvalue weighted by Gasteiger charge is 2.17. The summed E-state index contributed by atoms with van der Waals surface area (Å²) in [5.41, 5.74) is 1.73. The Morgan fingerprint density at radius 1 is 1.19 bits per heavy atom. The van der Waals surface area contributed by atoms with E-state index in [0.717, 1.165) is 32.8 Å². The Hall–Kier alpha value is -1.55. The average molecular weight is 531 g/mol. The van der Waals surface area contributed by atoms with Crippen LogP contribution in [0, 0.1) is 6.92 Å². The third-order valence-corrected chi connectivity index (χ3v) is 7.93. The zero-order valence-corrected chi connectivity index (χ0v) is 20.9. The van der Waals surface area contributed by atoms with Crippen LogP contribution in [0.2, 0.25) is 0 Å². The van der Waals surface area contributed by atoms with Crippen molar-refractivity contribution >= 4 is 43.5 Å². The van der Waals surface area contributed by atoms with E-state index >= 15 is 0 Å². The molecular weight excluding hydrogens is 502 g/mol. The van der Waals surface area contributed by atoms with Crippen LogP contribution in [0.4, 0.5) is 0 Å². The van der Waals surface area contributed by atoms with E-state index in [0.29, 0.717) is 30.0 Å². The van der Waals surface area contributed by atoms with Crippen molar-refractivity contribution in [1.82, 2.24) is 5.32 Å². The molecule has 2 aromatic carbocycles. The van der Waals surface area contributed by atoms with E-state index < -0.39 is 15.8 Å². The Kier molecular flexibility index (Phi) is 10.3. The lowest BCUT2D eigenvalue weighted by molar-refractivity contribution is -0.139. The molecule has 0 aliphatic rings. The number of carboxylic acids is 1. The fourth-order valence-corrected chi connectivity index (χ4v) is 5.94.